The van der Waals surface area contributed by atoms with Gasteiger partial charge >= 0.3 is 5.97 Å². The molecule has 0 atom stereocenters. The molecule has 98 valence electrons. The Labute approximate surface area is 111 Å². The molecule has 5 heteroatoms. The number of nitrogens with zero attached hydrogens (tertiary/aromatic N) is 1. The maximum Gasteiger partial charge on any atom is 0.337 e. The number of aryl methyl sites for hydroxylation is 1. The summed E-state index contributed by atoms with van der Waals surface area (Å²) < 4.78 is 10.3. The molecule has 2 rings (SSSR count). The fourth-order valence-electron chi connectivity index (χ4n) is 1.56. The van der Waals surface area contributed by atoms with Crippen molar-refractivity contribution in [1.82, 2.24) is 4.98 Å². The van der Waals surface area contributed by atoms with Gasteiger partial charge in [-0.15, -0.1) is 0 Å². The van der Waals surface area contributed by atoms with Crippen LogP contribution in [0.15, 0.2) is 36.5 Å². The van der Waals surface area contributed by atoms with Gasteiger partial charge in [0.15, 0.2) is 5.75 Å². The van der Waals surface area contributed by atoms with E-state index in [-0.39, 0.29) is 0 Å². The minimum atomic E-state index is -0.437. The first-order chi connectivity index (χ1) is 9.11. The van der Waals surface area contributed by atoms with Crippen LogP contribution in [0.1, 0.15) is 16.1 Å². The van der Waals surface area contributed by atoms with Crippen molar-refractivity contribution in [2.45, 2.75) is 6.92 Å². The first-order valence-corrected chi connectivity index (χ1v) is 5.69. The number of esters is 1. The standard InChI is InChI=1S/C14H14N2O3/c1-9-12(4-3-7-16-9)19-13-8-10(14(17)18-2)5-6-11(13)15/h3-8H,15H2,1-2H3. The minimum absolute atomic E-state index is 0.383. The Morgan fingerprint density at radius 2 is 2.05 bits per heavy atom. The number of anilines is 1. The van der Waals surface area contributed by atoms with E-state index in [2.05, 4.69) is 9.72 Å². The highest BCUT2D eigenvalue weighted by molar-refractivity contribution is 5.90. The van der Waals surface area contributed by atoms with E-state index in [1.165, 1.54) is 7.11 Å². The van der Waals surface area contributed by atoms with Gasteiger partial charge in [0.05, 0.1) is 24.1 Å². The van der Waals surface area contributed by atoms with E-state index in [9.17, 15) is 4.79 Å². The Kier molecular flexibility index (Phi) is 3.66. The Bertz CT molecular complexity index is 611. The summed E-state index contributed by atoms with van der Waals surface area (Å²) in [6.07, 6.45) is 1.68. The van der Waals surface area contributed by atoms with Crippen molar-refractivity contribution in [1.29, 1.82) is 0 Å². The number of hydrogen-bond acceptors (Lipinski definition) is 5. The summed E-state index contributed by atoms with van der Waals surface area (Å²) in [6.45, 7) is 1.83. The molecule has 2 N–H and O–H groups in total. The number of nitrogen functional groups attached to an aromatic ring is 1. The van der Waals surface area contributed by atoms with E-state index in [0.717, 1.165) is 5.69 Å². The average Bonchev–Trinajstić information content (AvgIpc) is 2.42. The van der Waals surface area contributed by atoms with Gasteiger partial charge in [-0.25, -0.2) is 4.79 Å². The maximum absolute atomic E-state index is 11.5. The normalized spacial score (nSPS) is 10.0. The molecular formula is C14H14N2O3. The van der Waals surface area contributed by atoms with Crippen LogP contribution in [0.4, 0.5) is 5.69 Å². The van der Waals surface area contributed by atoms with Crippen LogP contribution in [0.25, 0.3) is 0 Å². The van der Waals surface area contributed by atoms with Gasteiger partial charge in [0.25, 0.3) is 0 Å². The molecule has 5 nitrogen and oxygen atoms in total. The molecule has 0 aliphatic carbocycles. The summed E-state index contributed by atoms with van der Waals surface area (Å²) in [5.41, 5.74) is 7.40. The third-order valence-electron chi connectivity index (χ3n) is 2.61. The number of methoxy groups -OCH3 is 1. The van der Waals surface area contributed by atoms with Crippen LogP contribution in [0, 0.1) is 6.92 Å². The average molecular weight is 258 g/mol. The third kappa shape index (κ3) is 2.82. The number of rotatable bonds is 3. The predicted molar refractivity (Wildman–Crippen MR) is 71.2 cm³/mol. The second-order valence-corrected chi connectivity index (χ2v) is 3.93. The molecule has 0 aliphatic rings. The Balaban J connectivity index is 2.34. The Morgan fingerprint density at radius 1 is 1.26 bits per heavy atom. The number of ether oxygens (including phenoxy) is 2. The molecule has 0 radical (unpaired) electrons. The first kappa shape index (κ1) is 12.9. The molecule has 0 fully saturated rings. The third-order valence-corrected chi connectivity index (χ3v) is 2.61. The summed E-state index contributed by atoms with van der Waals surface area (Å²) in [6, 6.07) is 8.29. The van der Waals surface area contributed by atoms with Crippen molar-refractivity contribution in [3.63, 3.8) is 0 Å². The fourth-order valence-corrected chi connectivity index (χ4v) is 1.56. The molecule has 0 spiro atoms. The molecule has 0 saturated carbocycles. The molecule has 1 aromatic heterocycles. The van der Waals surface area contributed by atoms with Crippen LogP contribution in [0.2, 0.25) is 0 Å². The number of carbonyl (C=O) groups is 1. The fraction of sp³-hybridized carbons (Fsp3) is 0.143. The summed E-state index contributed by atoms with van der Waals surface area (Å²) in [7, 11) is 1.32. The van der Waals surface area contributed by atoms with E-state index >= 15 is 0 Å². The molecule has 1 heterocycles. The van der Waals surface area contributed by atoms with Gasteiger partial charge < -0.3 is 15.2 Å². The van der Waals surface area contributed by atoms with Crippen LogP contribution < -0.4 is 10.5 Å². The lowest BCUT2D eigenvalue weighted by Gasteiger charge is -2.11. The number of aromatic nitrogens is 1. The van der Waals surface area contributed by atoms with Gasteiger partial charge in [-0.3, -0.25) is 4.98 Å². The van der Waals surface area contributed by atoms with Crippen LogP contribution >= 0.6 is 0 Å². The second kappa shape index (κ2) is 5.39. The molecule has 0 aliphatic heterocycles. The molecule has 1 aromatic carbocycles. The predicted octanol–water partition coefficient (Wildman–Crippen LogP) is 2.55. The summed E-state index contributed by atoms with van der Waals surface area (Å²) >= 11 is 0. The van der Waals surface area contributed by atoms with Crippen molar-refractivity contribution < 1.29 is 14.3 Å². The smallest absolute Gasteiger partial charge is 0.337 e. The molecular weight excluding hydrogens is 244 g/mol. The van der Waals surface area contributed by atoms with Gasteiger partial charge in [-0.1, -0.05) is 0 Å². The lowest BCUT2D eigenvalue weighted by atomic mass is 10.2. The topological polar surface area (TPSA) is 74.4 Å². The second-order valence-electron chi connectivity index (χ2n) is 3.93. The quantitative estimate of drug-likeness (QED) is 0.676. The van der Waals surface area contributed by atoms with Gasteiger partial charge in [0, 0.05) is 6.20 Å². The number of benzene rings is 1. The van der Waals surface area contributed by atoms with Gasteiger partial charge in [0.1, 0.15) is 5.75 Å². The van der Waals surface area contributed by atoms with Crippen LogP contribution in [-0.2, 0) is 4.74 Å². The van der Waals surface area contributed by atoms with Crippen molar-refractivity contribution in [3.8, 4) is 11.5 Å². The van der Waals surface area contributed by atoms with Crippen molar-refractivity contribution in [3.05, 3.63) is 47.8 Å². The number of hydrogen-bond donors (Lipinski definition) is 1. The summed E-state index contributed by atoms with van der Waals surface area (Å²) in [5.74, 6) is 0.558. The van der Waals surface area contributed by atoms with E-state index in [0.29, 0.717) is 22.7 Å². The number of carbonyl (C=O) groups excluding carboxylic acids is 1. The van der Waals surface area contributed by atoms with Crippen molar-refractivity contribution >= 4 is 11.7 Å². The lowest BCUT2D eigenvalue weighted by Crippen LogP contribution is -2.03. The summed E-state index contributed by atoms with van der Waals surface area (Å²) in [5, 5.41) is 0. The first-order valence-electron chi connectivity index (χ1n) is 5.69. The minimum Gasteiger partial charge on any atom is -0.465 e. The highest BCUT2D eigenvalue weighted by Crippen LogP contribution is 2.29. The molecule has 0 amide bonds. The lowest BCUT2D eigenvalue weighted by molar-refractivity contribution is 0.0600. The highest BCUT2D eigenvalue weighted by atomic mass is 16.5. The van der Waals surface area contributed by atoms with E-state index in [4.69, 9.17) is 10.5 Å². The SMILES string of the molecule is COC(=O)c1ccc(N)c(Oc2cccnc2C)c1. The number of pyridine rings is 1. The van der Waals surface area contributed by atoms with Crippen LogP contribution in [-0.4, -0.2) is 18.1 Å². The van der Waals surface area contributed by atoms with Gasteiger partial charge in [-0.05, 0) is 37.3 Å². The zero-order valence-electron chi connectivity index (χ0n) is 10.7. The number of nitrogens with two attached hydrogens (primary N) is 1. The highest BCUT2D eigenvalue weighted by Gasteiger charge is 2.11. The van der Waals surface area contributed by atoms with Gasteiger partial charge in [0.2, 0.25) is 0 Å². The maximum atomic E-state index is 11.5. The molecule has 0 saturated heterocycles. The molecule has 0 bridgehead atoms. The Morgan fingerprint density at radius 3 is 2.74 bits per heavy atom. The van der Waals surface area contributed by atoms with Crippen molar-refractivity contribution in [2.75, 3.05) is 12.8 Å². The Hall–Kier alpha value is -2.56. The molecule has 19 heavy (non-hydrogen) atoms. The largest absolute Gasteiger partial charge is 0.465 e. The van der Waals surface area contributed by atoms with Crippen molar-refractivity contribution in [2.24, 2.45) is 0 Å². The summed E-state index contributed by atoms with van der Waals surface area (Å²) in [4.78, 5) is 15.6. The molecule has 0 unspecified atom stereocenters. The monoisotopic (exact) mass is 258 g/mol. The van der Waals surface area contributed by atoms with Crippen LogP contribution in [0.5, 0.6) is 11.5 Å². The van der Waals surface area contributed by atoms with E-state index in [1.807, 2.05) is 6.92 Å². The van der Waals surface area contributed by atoms with E-state index < -0.39 is 5.97 Å². The zero-order chi connectivity index (χ0) is 13.8. The van der Waals surface area contributed by atoms with Crippen LogP contribution in [0.3, 0.4) is 0 Å². The van der Waals surface area contributed by atoms with E-state index in [1.54, 1.807) is 36.5 Å². The zero-order valence-corrected chi connectivity index (χ0v) is 10.7. The van der Waals surface area contributed by atoms with Gasteiger partial charge in [-0.2, -0.15) is 0 Å². The molecule has 2 aromatic rings.